The molecule has 5 heteroatoms. The molecule has 5 nitrogen and oxygen atoms in total. The van der Waals surface area contributed by atoms with E-state index in [4.69, 9.17) is 10.5 Å². The average Bonchev–Trinajstić information content (AvgIpc) is 2.18. The number of carbonyl (C=O) groups excluding carboxylic acids is 1. The third kappa shape index (κ3) is 3.28. The van der Waals surface area contributed by atoms with E-state index >= 15 is 0 Å². The minimum Gasteiger partial charge on any atom is -0.466 e. The topological polar surface area (TPSA) is 78.1 Å². The van der Waals surface area contributed by atoms with Crippen LogP contribution in [0, 0.1) is 0 Å². The molecule has 1 unspecified atom stereocenters. The summed E-state index contributed by atoms with van der Waals surface area (Å²) in [6.07, 6.45) is 4.76. The molecule has 1 aromatic rings. The maximum Gasteiger partial charge on any atom is 0.308 e. The van der Waals surface area contributed by atoms with E-state index in [-0.39, 0.29) is 12.4 Å². The van der Waals surface area contributed by atoms with Gasteiger partial charge in [0.1, 0.15) is 0 Å². The lowest BCUT2D eigenvalue weighted by Gasteiger charge is -2.22. The second-order valence-corrected chi connectivity index (χ2v) is 3.49. The first-order valence-electron chi connectivity index (χ1n) is 4.77. The van der Waals surface area contributed by atoms with Gasteiger partial charge in [-0.05, 0) is 13.8 Å². The van der Waals surface area contributed by atoms with Crippen molar-refractivity contribution in [3.63, 3.8) is 0 Å². The molecule has 1 aromatic heterocycles. The number of aromatic nitrogens is 2. The largest absolute Gasteiger partial charge is 0.466 e. The highest BCUT2D eigenvalue weighted by Gasteiger charge is 2.27. The third-order valence-corrected chi connectivity index (χ3v) is 1.97. The Balaban J connectivity index is 2.71. The number of ether oxygens (including phenoxy) is 1. The van der Waals surface area contributed by atoms with Gasteiger partial charge in [-0.25, -0.2) is 0 Å². The van der Waals surface area contributed by atoms with Crippen LogP contribution in [0.4, 0.5) is 0 Å². The predicted octanol–water partition coefficient (Wildman–Crippen LogP) is 0.604. The fourth-order valence-corrected chi connectivity index (χ4v) is 1.20. The van der Waals surface area contributed by atoms with E-state index in [0.717, 1.165) is 0 Å². The molecular formula is C10H15N3O2. The Labute approximate surface area is 88.7 Å². The molecule has 2 N–H and O–H groups in total. The van der Waals surface area contributed by atoms with Gasteiger partial charge in [0.15, 0.2) is 0 Å². The van der Waals surface area contributed by atoms with Crippen LogP contribution in [-0.4, -0.2) is 22.5 Å². The van der Waals surface area contributed by atoms with Crippen molar-refractivity contribution < 1.29 is 9.53 Å². The van der Waals surface area contributed by atoms with E-state index in [9.17, 15) is 4.79 Å². The summed E-state index contributed by atoms with van der Waals surface area (Å²) in [5.41, 5.74) is 5.71. The Bertz CT molecular complexity index is 325. The molecule has 15 heavy (non-hydrogen) atoms. The molecular weight excluding hydrogens is 194 g/mol. The number of nitrogens with two attached hydrogens (primary N) is 1. The standard InChI is InChI=1S/C10H15N3O2/c1-3-15-9(14)6-10(2,11)8-7-12-4-5-13-8/h4-5,7H,3,6,11H2,1-2H3. The lowest BCUT2D eigenvalue weighted by atomic mass is 9.95. The van der Waals surface area contributed by atoms with Gasteiger partial charge in [-0.3, -0.25) is 14.8 Å². The molecule has 0 bridgehead atoms. The van der Waals surface area contributed by atoms with Crippen LogP contribution in [0.25, 0.3) is 0 Å². The Hall–Kier alpha value is -1.49. The quantitative estimate of drug-likeness (QED) is 0.735. The minimum atomic E-state index is -0.833. The maximum atomic E-state index is 11.3. The Kier molecular flexibility index (Phi) is 3.74. The molecule has 0 radical (unpaired) electrons. The van der Waals surface area contributed by atoms with Gasteiger partial charge in [0.25, 0.3) is 0 Å². The number of rotatable bonds is 4. The highest BCUT2D eigenvalue weighted by Crippen LogP contribution is 2.18. The first-order chi connectivity index (χ1) is 7.06. The van der Waals surface area contributed by atoms with Crippen molar-refractivity contribution in [3.8, 4) is 0 Å². The number of nitrogens with zero attached hydrogens (tertiary/aromatic N) is 2. The number of hydrogen-bond donors (Lipinski definition) is 1. The van der Waals surface area contributed by atoms with Gasteiger partial charge in [0.05, 0.1) is 30.5 Å². The zero-order chi connectivity index (χ0) is 11.3. The molecule has 1 rings (SSSR count). The SMILES string of the molecule is CCOC(=O)CC(C)(N)c1cnccn1. The van der Waals surface area contributed by atoms with Crippen LogP contribution in [0.15, 0.2) is 18.6 Å². The molecule has 0 amide bonds. The van der Waals surface area contributed by atoms with E-state index < -0.39 is 5.54 Å². The highest BCUT2D eigenvalue weighted by molar-refractivity contribution is 5.71. The fourth-order valence-electron chi connectivity index (χ4n) is 1.20. The molecule has 0 saturated heterocycles. The molecule has 0 fully saturated rings. The Morgan fingerprint density at radius 3 is 2.87 bits per heavy atom. The van der Waals surface area contributed by atoms with Crippen molar-refractivity contribution in [2.24, 2.45) is 5.73 Å². The zero-order valence-electron chi connectivity index (χ0n) is 8.93. The molecule has 0 spiro atoms. The first kappa shape index (κ1) is 11.6. The number of hydrogen-bond acceptors (Lipinski definition) is 5. The van der Waals surface area contributed by atoms with Crippen molar-refractivity contribution >= 4 is 5.97 Å². The molecule has 1 heterocycles. The summed E-state index contributed by atoms with van der Waals surface area (Å²) in [4.78, 5) is 19.3. The van der Waals surface area contributed by atoms with Gasteiger partial charge < -0.3 is 10.5 Å². The number of esters is 1. The van der Waals surface area contributed by atoms with Gasteiger partial charge in [-0.1, -0.05) is 0 Å². The normalized spacial score (nSPS) is 14.3. The lowest BCUT2D eigenvalue weighted by molar-refractivity contribution is -0.144. The van der Waals surface area contributed by atoms with Crippen molar-refractivity contribution in [1.29, 1.82) is 0 Å². The summed E-state index contributed by atoms with van der Waals surface area (Å²) >= 11 is 0. The summed E-state index contributed by atoms with van der Waals surface area (Å²) in [7, 11) is 0. The second-order valence-electron chi connectivity index (χ2n) is 3.49. The van der Waals surface area contributed by atoms with E-state index in [1.807, 2.05) is 0 Å². The van der Waals surface area contributed by atoms with Gasteiger partial charge in [0.2, 0.25) is 0 Å². The molecule has 1 atom stereocenters. The first-order valence-corrected chi connectivity index (χ1v) is 4.77. The van der Waals surface area contributed by atoms with E-state index in [1.54, 1.807) is 32.4 Å². The van der Waals surface area contributed by atoms with Gasteiger partial charge in [0, 0.05) is 12.4 Å². The van der Waals surface area contributed by atoms with Crippen molar-refractivity contribution in [3.05, 3.63) is 24.3 Å². The van der Waals surface area contributed by atoms with Gasteiger partial charge in [-0.15, -0.1) is 0 Å². The van der Waals surface area contributed by atoms with E-state index in [0.29, 0.717) is 12.3 Å². The molecule has 0 saturated carbocycles. The Morgan fingerprint density at radius 1 is 1.60 bits per heavy atom. The van der Waals surface area contributed by atoms with Crippen LogP contribution >= 0.6 is 0 Å². The van der Waals surface area contributed by atoms with E-state index in [2.05, 4.69) is 9.97 Å². The highest BCUT2D eigenvalue weighted by atomic mass is 16.5. The maximum absolute atomic E-state index is 11.3. The van der Waals surface area contributed by atoms with Crippen LogP contribution in [0.3, 0.4) is 0 Å². The van der Waals surface area contributed by atoms with Crippen LogP contribution in [-0.2, 0) is 15.1 Å². The molecule has 0 aromatic carbocycles. The van der Waals surface area contributed by atoms with E-state index in [1.165, 1.54) is 0 Å². The minimum absolute atomic E-state index is 0.0968. The Morgan fingerprint density at radius 2 is 2.33 bits per heavy atom. The van der Waals surface area contributed by atoms with Crippen LogP contribution in [0.1, 0.15) is 26.0 Å². The lowest BCUT2D eigenvalue weighted by Crippen LogP contribution is -2.37. The van der Waals surface area contributed by atoms with Crippen molar-refractivity contribution in [1.82, 2.24) is 9.97 Å². The molecule has 0 aliphatic rings. The van der Waals surface area contributed by atoms with Crippen molar-refractivity contribution in [2.75, 3.05) is 6.61 Å². The monoisotopic (exact) mass is 209 g/mol. The zero-order valence-corrected chi connectivity index (χ0v) is 8.93. The fraction of sp³-hybridized carbons (Fsp3) is 0.500. The second kappa shape index (κ2) is 4.84. The van der Waals surface area contributed by atoms with Gasteiger partial charge >= 0.3 is 5.97 Å². The smallest absolute Gasteiger partial charge is 0.308 e. The van der Waals surface area contributed by atoms with Crippen LogP contribution in [0.5, 0.6) is 0 Å². The van der Waals surface area contributed by atoms with Crippen LogP contribution < -0.4 is 5.73 Å². The molecule has 0 aliphatic heterocycles. The molecule has 82 valence electrons. The summed E-state index contributed by atoms with van der Waals surface area (Å²) in [5, 5.41) is 0. The van der Waals surface area contributed by atoms with Crippen LogP contribution in [0.2, 0.25) is 0 Å². The van der Waals surface area contributed by atoms with Gasteiger partial charge in [-0.2, -0.15) is 0 Å². The summed E-state index contributed by atoms with van der Waals surface area (Å²) in [6.45, 7) is 3.84. The molecule has 0 aliphatic carbocycles. The summed E-state index contributed by atoms with van der Waals surface area (Å²) in [5.74, 6) is -0.326. The number of carbonyl (C=O) groups is 1. The summed E-state index contributed by atoms with van der Waals surface area (Å²) in [6, 6.07) is 0. The summed E-state index contributed by atoms with van der Waals surface area (Å²) < 4.78 is 4.83. The third-order valence-electron chi connectivity index (χ3n) is 1.97. The average molecular weight is 209 g/mol. The van der Waals surface area contributed by atoms with Crippen molar-refractivity contribution in [2.45, 2.75) is 25.8 Å². The predicted molar refractivity (Wildman–Crippen MR) is 54.8 cm³/mol.